The second kappa shape index (κ2) is 8.57. The summed E-state index contributed by atoms with van der Waals surface area (Å²) >= 11 is 0. The van der Waals surface area contributed by atoms with Crippen molar-refractivity contribution in [1.82, 2.24) is 4.98 Å². The van der Waals surface area contributed by atoms with Crippen LogP contribution in [-0.2, 0) is 4.79 Å². The molecule has 2 unspecified atom stereocenters. The zero-order valence-corrected chi connectivity index (χ0v) is 16.8. The number of allylic oxidation sites excluding steroid dienone is 1. The van der Waals surface area contributed by atoms with Crippen LogP contribution in [0.4, 0.5) is 5.69 Å². The highest BCUT2D eigenvalue weighted by atomic mass is 16.5. The Morgan fingerprint density at radius 1 is 1.14 bits per heavy atom. The Morgan fingerprint density at radius 3 is 2.59 bits per heavy atom. The maximum Gasteiger partial charge on any atom is 0.272 e. The van der Waals surface area contributed by atoms with E-state index < -0.39 is 12.0 Å². The molecule has 148 valence electrons. The summed E-state index contributed by atoms with van der Waals surface area (Å²) in [6, 6.07) is 10.1. The lowest BCUT2D eigenvalue weighted by molar-refractivity contribution is -0.113. The number of anilines is 1. The molecule has 0 fully saturated rings. The Labute approximate surface area is 169 Å². The number of aromatic nitrogens is 1. The van der Waals surface area contributed by atoms with Crippen LogP contribution in [-0.4, -0.2) is 36.9 Å². The first-order chi connectivity index (χ1) is 14.0. The van der Waals surface area contributed by atoms with Gasteiger partial charge in [0.25, 0.3) is 11.9 Å². The number of para-hydroxylation sites is 2. The van der Waals surface area contributed by atoms with Crippen LogP contribution in [0.25, 0.3) is 4.85 Å². The van der Waals surface area contributed by atoms with E-state index in [0.717, 1.165) is 0 Å². The number of pyridine rings is 1. The number of nitrogens with zero attached hydrogens (tertiary/aromatic N) is 3. The topological polar surface area (TPSA) is 77.2 Å². The molecule has 0 saturated carbocycles. The molecule has 1 aromatic heterocycles. The van der Waals surface area contributed by atoms with Crippen molar-refractivity contribution >= 4 is 17.3 Å². The van der Waals surface area contributed by atoms with Gasteiger partial charge in [-0.1, -0.05) is 18.2 Å². The number of amides is 1. The molecule has 2 atom stereocenters. The first-order valence-corrected chi connectivity index (χ1v) is 9.07. The van der Waals surface area contributed by atoms with Gasteiger partial charge in [-0.2, -0.15) is 0 Å². The molecule has 1 aromatic carbocycles. The van der Waals surface area contributed by atoms with Crippen LogP contribution in [0.2, 0.25) is 0 Å². The van der Waals surface area contributed by atoms with Crippen molar-refractivity contribution in [2.75, 3.05) is 19.5 Å². The molecule has 0 saturated heterocycles. The average molecular weight is 390 g/mol. The van der Waals surface area contributed by atoms with Crippen LogP contribution < -0.4 is 14.8 Å². The zero-order valence-electron chi connectivity index (χ0n) is 16.8. The molecule has 7 heteroatoms. The molecule has 0 bridgehead atoms. The molecule has 29 heavy (non-hydrogen) atoms. The third kappa shape index (κ3) is 3.83. The number of ether oxygens (including phenoxy) is 2. The van der Waals surface area contributed by atoms with Gasteiger partial charge < -0.3 is 19.6 Å². The van der Waals surface area contributed by atoms with Crippen LogP contribution >= 0.6 is 0 Å². The molecule has 0 spiro atoms. The second-order valence-electron chi connectivity index (χ2n) is 6.56. The van der Waals surface area contributed by atoms with Gasteiger partial charge >= 0.3 is 0 Å². The number of methoxy groups -OCH3 is 2. The minimum absolute atomic E-state index is 0.340. The van der Waals surface area contributed by atoms with Crippen molar-refractivity contribution in [3.8, 4) is 11.6 Å². The van der Waals surface area contributed by atoms with E-state index in [9.17, 15) is 4.79 Å². The molecule has 7 nitrogen and oxygen atoms in total. The maximum absolute atomic E-state index is 13.3. The summed E-state index contributed by atoms with van der Waals surface area (Å²) in [4.78, 5) is 25.8. The van der Waals surface area contributed by atoms with E-state index in [1.54, 1.807) is 45.4 Å². The predicted molar refractivity (Wildman–Crippen MR) is 111 cm³/mol. The Bertz CT molecular complexity index is 1040. The van der Waals surface area contributed by atoms with Gasteiger partial charge in [0.05, 0.1) is 31.2 Å². The van der Waals surface area contributed by atoms with Gasteiger partial charge in [-0.15, -0.1) is 0 Å². The Hall–Kier alpha value is -3.66. The first-order valence-electron chi connectivity index (χ1n) is 9.07. The van der Waals surface area contributed by atoms with Crippen molar-refractivity contribution in [2.45, 2.75) is 25.8 Å². The third-order valence-electron chi connectivity index (χ3n) is 4.86. The lowest BCUT2D eigenvalue weighted by Crippen LogP contribution is -2.34. The minimum atomic E-state index is -0.629. The number of benzene rings is 1. The predicted octanol–water partition coefficient (Wildman–Crippen LogP) is 3.86. The van der Waals surface area contributed by atoms with Crippen LogP contribution in [0, 0.1) is 6.57 Å². The van der Waals surface area contributed by atoms with Crippen molar-refractivity contribution < 1.29 is 14.3 Å². The molecule has 1 aliphatic heterocycles. The van der Waals surface area contributed by atoms with E-state index in [0.29, 0.717) is 39.9 Å². The molecule has 2 aromatic rings. The lowest BCUT2D eigenvalue weighted by Gasteiger charge is -2.27. The summed E-state index contributed by atoms with van der Waals surface area (Å²) in [6.45, 7) is 11.3. The molecule has 0 aliphatic carbocycles. The SMILES string of the molecule is [C-]#[N+]C1C(C)=NC(C)=C(C(=O)Nc2ccccc2OC)C1c1cccnc1OC. The summed E-state index contributed by atoms with van der Waals surface area (Å²) in [7, 11) is 3.07. The van der Waals surface area contributed by atoms with E-state index in [4.69, 9.17) is 16.0 Å². The van der Waals surface area contributed by atoms with Crippen LogP contribution in [0.1, 0.15) is 25.3 Å². The van der Waals surface area contributed by atoms with Crippen molar-refractivity contribution in [3.63, 3.8) is 0 Å². The fraction of sp³-hybridized carbons (Fsp3) is 0.273. The number of aliphatic imine (C=N–C) groups is 1. The maximum atomic E-state index is 13.3. The molecule has 2 heterocycles. The summed E-state index contributed by atoms with van der Waals surface area (Å²) in [5, 5.41) is 2.90. The molecule has 3 rings (SSSR count). The Balaban J connectivity index is 2.11. The van der Waals surface area contributed by atoms with Crippen LogP contribution in [0.15, 0.2) is 58.9 Å². The highest BCUT2D eigenvalue weighted by Gasteiger charge is 2.42. The zero-order chi connectivity index (χ0) is 21.0. The first kappa shape index (κ1) is 20.1. The van der Waals surface area contributed by atoms with E-state index in [-0.39, 0.29) is 5.91 Å². The van der Waals surface area contributed by atoms with Crippen molar-refractivity contribution in [1.29, 1.82) is 0 Å². The summed E-state index contributed by atoms with van der Waals surface area (Å²) < 4.78 is 10.7. The Morgan fingerprint density at radius 2 is 1.90 bits per heavy atom. The van der Waals surface area contributed by atoms with Gasteiger partial charge in [-0.25, -0.2) is 11.6 Å². The Kier molecular flexibility index (Phi) is 5.93. The number of carbonyl (C=O) groups excluding carboxylic acids is 1. The second-order valence-corrected chi connectivity index (χ2v) is 6.56. The van der Waals surface area contributed by atoms with Gasteiger partial charge in [0.1, 0.15) is 11.7 Å². The fourth-order valence-electron chi connectivity index (χ4n) is 3.56. The highest BCUT2D eigenvalue weighted by Crippen LogP contribution is 2.40. The van der Waals surface area contributed by atoms with Gasteiger partial charge in [0.2, 0.25) is 5.88 Å². The number of nitrogens with one attached hydrogen (secondary N) is 1. The fourth-order valence-corrected chi connectivity index (χ4v) is 3.56. The van der Waals surface area contributed by atoms with E-state index in [2.05, 4.69) is 20.1 Å². The van der Waals surface area contributed by atoms with Crippen molar-refractivity contribution in [3.05, 3.63) is 70.8 Å². The monoisotopic (exact) mass is 390 g/mol. The van der Waals surface area contributed by atoms with Gasteiger partial charge in [0, 0.05) is 17.5 Å². The average Bonchev–Trinajstić information content (AvgIpc) is 2.73. The number of carbonyl (C=O) groups is 1. The van der Waals surface area contributed by atoms with Crippen molar-refractivity contribution in [2.24, 2.45) is 4.99 Å². The van der Waals surface area contributed by atoms with Crippen LogP contribution in [0.5, 0.6) is 11.6 Å². The van der Waals surface area contributed by atoms with Gasteiger partial charge in [-0.05, 0) is 32.0 Å². The van der Waals surface area contributed by atoms with E-state index in [1.807, 2.05) is 18.2 Å². The molecular formula is C22H22N4O3. The smallest absolute Gasteiger partial charge is 0.272 e. The standard InChI is InChI=1S/C22H22N4O3/c1-13-18(21(27)26-16-10-6-7-11-17(16)28-4)19(20(23-3)14(2)25-13)15-9-8-12-24-22(15)29-5/h6-12,19-20H,1-2,4-5H3,(H,26,27). The summed E-state index contributed by atoms with van der Waals surface area (Å²) in [6.07, 6.45) is 1.62. The number of hydrogen-bond donors (Lipinski definition) is 1. The molecular weight excluding hydrogens is 368 g/mol. The number of rotatable bonds is 5. The van der Waals surface area contributed by atoms with E-state index in [1.165, 1.54) is 7.11 Å². The minimum Gasteiger partial charge on any atom is -0.495 e. The van der Waals surface area contributed by atoms with Gasteiger partial charge in [-0.3, -0.25) is 9.79 Å². The molecule has 1 aliphatic rings. The summed E-state index contributed by atoms with van der Waals surface area (Å²) in [5.41, 5.74) is 2.85. The highest BCUT2D eigenvalue weighted by molar-refractivity contribution is 6.09. The van der Waals surface area contributed by atoms with E-state index >= 15 is 0 Å². The third-order valence-corrected chi connectivity index (χ3v) is 4.86. The normalized spacial score (nSPS) is 18.5. The number of hydrogen-bond acceptors (Lipinski definition) is 5. The molecule has 1 N–H and O–H groups in total. The van der Waals surface area contributed by atoms with Gasteiger partial charge in [0.15, 0.2) is 0 Å². The summed E-state index contributed by atoms with van der Waals surface area (Å²) in [5.74, 6) is 0.0410. The molecule has 1 amide bonds. The van der Waals surface area contributed by atoms with Crippen LogP contribution in [0.3, 0.4) is 0 Å². The molecule has 0 radical (unpaired) electrons. The lowest BCUT2D eigenvalue weighted by atomic mass is 9.80. The quantitative estimate of drug-likeness (QED) is 0.787. The largest absolute Gasteiger partial charge is 0.495 e.